The molecule has 5 rings (SSSR count). The molecule has 4 atom stereocenters. The third kappa shape index (κ3) is 6.36. The molecule has 3 aromatic rings. The molecule has 0 spiro atoms. The zero-order chi connectivity index (χ0) is 27.4. The predicted molar refractivity (Wildman–Crippen MR) is 160 cm³/mol. The number of carbonyl (C=O) groups is 1. The Morgan fingerprint density at radius 3 is 2.28 bits per heavy atom. The summed E-state index contributed by atoms with van der Waals surface area (Å²) in [6.07, 6.45) is 2.11. The number of anilines is 1. The molecule has 202 valence electrons. The van der Waals surface area contributed by atoms with Crippen LogP contribution in [0.15, 0.2) is 78.9 Å². The number of rotatable bonds is 4. The number of carbonyl (C=O) groups excluding carboxylic acids is 1. The van der Waals surface area contributed by atoms with E-state index in [-0.39, 0.29) is 12.1 Å². The zero-order valence-electron chi connectivity index (χ0n) is 23.6. The minimum absolute atomic E-state index is 0.00491. The molecule has 0 aromatic heterocycles. The van der Waals surface area contributed by atoms with Crippen molar-refractivity contribution in [1.29, 1.82) is 0 Å². The number of fused-ring (bicyclic) bond motifs is 1. The van der Waals surface area contributed by atoms with E-state index < -0.39 is 0 Å². The molecule has 1 N–H and O–H groups in total. The van der Waals surface area contributed by atoms with E-state index in [9.17, 15) is 4.79 Å². The molecule has 0 aliphatic carbocycles. The topological polar surface area (TPSA) is 38.8 Å². The van der Waals surface area contributed by atoms with E-state index in [1.807, 2.05) is 59.5 Å². The van der Waals surface area contributed by atoms with Crippen molar-refractivity contribution >= 4 is 11.7 Å². The molecule has 0 radical (unpaired) electrons. The first-order valence-electron chi connectivity index (χ1n) is 14.1. The van der Waals surface area contributed by atoms with Crippen LogP contribution in [0.1, 0.15) is 47.9 Å². The van der Waals surface area contributed by atoms with Gasteiger partial charge in [-0.2, -0.15) is 0 Å². The van der Waals surface area contributed by atoms with Gasteiger partial charge >= 0.3 is 6.03 Å². The van der Waals surface area contributed by atoms with Gasteiger partial charge in [-0.1, -0.05) is 59.9 Å². The van der Waals surface area contributed by atoms with Gasteiger partial charge in [-0.3, -0.25) is 4.90 Å². The van der Waals surface area contributed by atoms with Gasteiger partial charge in [-0.25, -0.2) is 4.79 Å². The molecule has 2 fully saturated rings. The first-order valence-corrected chi connectivity index (χ1v) is 14.1. The van der Waals surface area contributed by atoms with Crippen LogP contribution in [-0.4, -0.2) is 72.6 Å². The van der Waals surface area contributed by atoms with Crippen LogP contribution in [0, 0.1) is 18.8 Å². The fourth-order valence-electron chi connectivity index (χ4n) is 6.18. The van der Waals surface area contributed by atoms with Crippen molar-refractivity contribution in [1.82, 2.24) is 14.7 Å². The molecule has 2 saturated heterocycles. The third-order valence-corrected chi connectivity index (χ3v) is 8.12. The fourth-order valence-corrected chi connectivity index (χ4v) is 6.18. The number of nitrogens with zero attached hydrogens (tertiary/aromatic N) is 3. The second kappa shape index (κ2) is 12.1. The van der Waals surface area contributed by atoms with Gasteiger partial charge in [-0.15, -0.1) is 0 Å². The van der Waals surface area contributed by atoms with Crippen LogP contribution < -0.4 is 5.32 Å². The summed E-state index contributed by atoms with van der Waals surface area (Å²) in [6.45, 7) is 6.92. The third-order valence-electron chi connectivity index (χ3n) is 8.12. The van der Waals surface area contributed by atoms with Gasteiger partial charge in [0.1, 0.15) is 0 Å². The first-order chi connectivity index (χ1) is 18.9. The highest BCUT2D eigenvalue weighted by Gasteiger charge is 2.51. The van der Waals surface area contributed by atoms with Crippen molar-refractivity contribution in [2.45, 2.75) is 50.7 Å². The molecule has 2 aliphatic rings. The summed E-state index contributed by atoms with van der Waals surface area (Å²) < 4.78 is 0. The summed E-state index contributed by atoms with van der Waals surface area (Å²) in [4.78, 5) is 20.4. The van der Waals surface area contributed by atoms with E-state index in [4.69, 9.17) is 0 Å². The lowest BCUT2D eigenvalue weighted by Crippen LogP contribution is -2.71. The smallest absolute Gasteiger partial charge is 0.321 e. The molecule has 0 saturated carbocycles. The van der Waals surface area contributed by atoms with Crippen molar-refractivity contribution < 1.29 is 4.79 Å². The lowest BCUT2D eigenvalue weighted by molar-refractivity contribution is -0.0735. The van der Waals surface area contributed by atoms with Crippen molar-refractivity contribution in [3.8, 4) is 11.8 Å². The Balaban J connectivity index is 1.37. The van der Waals surface area contributed by atoms with Gasteiger partial charge in [0.05, 0.1) is 0 Å². The number of amides is 2. The molecule has 0 bridgehead atoms. The van der Waals surface area contributed by atoms with Crippen LogP contribution >= 0.6 is 0 Å². The van der Waals surface area contributed by atoms with E-state index in [0.717, 1.165) is 49.3 Å². The fraction of sp³-hybridized carbons (Fsp3) is 0.382. The Bertz CT molecular complexity index is 1310. The van der Waals surface area contributed by atoms with Crippen LogP contribution in [0.4, 0.5) is 10.5 Å². The molecule has 2 heterocycles. The molecule has 1 unspecified atom stereocenters. The number of urea groups is 1. The summed E-state index contributed by atoms with van der Waals surface area (Å²) in [6, 6.07) is 28.1. The molecule has 5 nitrogen and oxygen atoms in total. The van der Waals surface area contributed by atoms with Crippen molar-refractivity contribution in [3.05, 3.63) is 101 Å². The lowest BCUT2D eigenvalue weighted by Gasteiger charge is -2.60. The molecule has 5 heteroatoms. The summed E-state index contributed by atoms with van der Waals surface area (Å²) in [7, 11) is 4.31. The summed E-state index contributed by atoms with van der Waals surface area (Å²) in [5, 5.41) is 3.14. The average molecular weight is 521 g/mol. The van der Waals surface area contributed by atoms with Gasteiger partial charge in [-0.05, 0) is 82.7 Å². The predicted octanol–water partition coefficient (Wildman–Crippen LogP) is 5.81. The van der Waals surface area contributed by atoms with Gasteiger partial charge in [0.15, 0.2) is 0 Å². The Kier molecular flexibility index (Phi) is 8.35. The number of benzene rings is 3. The molecule has 2 aliphatic heterocycles. The standard InChI is InChI=1S/C34H40N4O/c1-25-12-20-30(21-13-25)35-34(39)37-22-8-9-26(2)38-31(23-36(3)4)33(32(38)24-37)29-18-16-28(17-19-29)15-14-27-10-6-5-7-11-27/h5-7,10-13,16-21,26,31-33H,8-9,22-24H2,1-4H3,(H,35,39)/t26?,31-,32+,33+/m1/s1. The molecule has 39 heavy (non-hydrogen) atoms. The lowest BCUT2D eigenvalue weighted by atomic mass is 9.72. The van der Waals surface area contributed by atoms with Crippen molar-refractivity contribution in [2.24, 2.45) is 0 Å². The normalized spacial score (nSPS) is 23.1. The van der Waals surface area contributed by atoms with E-state index in [1.54, 1.807) is 0 Å². The highest BCUT2D eigenvalue weighted by atomic mass is 16.2. The number of hydrogen-bond acceptors (Lipinski definition) is 3. The van der Waals surface area contributed by atoms with Gasteiger partial charge in [0.2, 0.25) is 0 Å². The van der Waals surface area contributed by atoms with E-state index >= 15 is 0 Å². The molecular weight excluding hydrogens is 480 g/mol. The highest BCUT2D eigenvalue weighted by Crippen LogP contribution is 2.44. The Morgan fingerprint density at radius 2 is 1.62 bits per heavy atom. The Hall–Kier alpha value is -3.59. The van der Waals surface area contributed by atoms with Crippen molar-refractivity contribution in [2.75, 3.05) is 39.0 Å². The van der Waals surface area contributed by atoms with Crippen LogP contribution in [0.5, 0.6) is 0 Å². The van der Waals surface area contributed by atoms with Gasteiger partial charge in [0, 0.05) is 60.5 Å². The second-order valence-electron chi connectivity index (χ2n) is 11.3. The minimum atomic E-state index is -0.00491. The average Bonchev–Trinajstić information content (AvgIpc) is 2.92. The SMILES string of the molecule is Cc1ccc(NC(=O)N2CCCC(C)N3[C@H](CN(C)C)[C@H](c4ccc(C#Cc5ccccc5)cc4)[C@@H]3C2)cc1. The van der Waals surface area contributed by atoms with Gasteiger partial charge in [0.25, 0.3) is 0 Å². The van der Waals surface area contributed by atoms with Crippen LogP contribution in [-0.2, 0) is 0 Å². The maximum atomic E-state index is 13.4. The maximum absolute atomic E-state index is 13.4. The number of likely N-dealkylation sites (N-methyl/N-ethyl adjacent to an activating group) is 1. The quantitative estimate of drug-likeness (QED) is 0.442. The number of aryl methyl sites for hydroxylation is 1. The van der Waals surface area contributed by atoms with E-state index in [2.05, 4.69) is 79.2 Å². The monoisotopic (exact) mass is 520 g/mol. The molecular formula is C34H40N4O. The van der Waals surface area contributed by atoms with Crippen LogP contribution in [0.25, 0.3) is 0 Å². The number of hydrogen-bond donors (Lipinski definition) is 1. The molecule has 2 amide bonds. The first kappa shape index (κ1) is 27.0. The summed E-state index contributed by atoms with van der Waals surface area (Å²) in [5.74, 6) is 6.93. The number of nitrogens with one attached hydrogen (secondary N) is 1. The summed E-state index contributed by atoms with van der Waals surface area (Å²) in [5.41, 5.74) is 5.41. The highest BCUT2D eigenvalue weighted by molar-refractivity contribution is 5.89. The molecule has 3 aromatic carbocycles. The minimum Gasteiger partial charge on any atom is -0.323 e. The maximum Gasteiger partial charge on any atom is 0.321 e. The van der Waals surface area contributed by atoms with Crippen LogP contribution in [0.3, 0.4) is 0 Å². The van der Waals surface area contributed by atoms with E-state index in [0.29, 0.717) is 18.0 Å². The second-order valence-corrected chi connectivity index (χ2v) is 11.3. The Labute approximate surface area is 233 Å². The largest absolute Gasteiger partial charge is 0.323 e. The van der Waals surface area contributed by atoms with Crippen molar-refractivity contribution in [3.63, 3.8) is 0 Å². The van der Waals surface area contributed by atoms with Gasteiger partial charge < -0.3 is 15.1 Å². The summed E-state index contributed by atoms with van der Waals surface area (Å²) >= 11 is 0. The Morgan fingerprint density at radius 1 is 0.949 bits per heavy atom. The van der Waals surface area contributed by atoms with Crippen LogP contribution in [0.2, 0.25) is 0 Å². The zero-order valence-corrected chi connectivity index (χ0v) is 23.6. The van der Waals surface area contributed by atoms with E-state index in [1.165, 1.54) is 11.1 Å².